The van der Waals surface area contributed by atoms with E-state index in [0.717, 1.165) is 0 Å². The van der Waals surface area contributed by atoms with Crippen molar-refractivity contribution in [3.05, 3.63) is 0 Å². The minimum atomic E-state index is -1.22. The molecule has 0 radical (unpaired) electrons. The molecule has 0 spiro atoms. The summed E-state index contributed by atoms with van der Waals surface area (Å²) in [4.78, 5) is 22.4. The highest BCUT2D eigenvalue weighted by Gasteiger charge is 2.49. The second-order valence-electron chi connectivity index (χ2n) is 3.25. The topological polar surface area (TPSA) is 95.4 Å². The van der Waals surface area contributed by atoms with E-state index < -0.39 is 23.3 Å². The van der Waals surface area contributed by atoms with Gasteiger partial charge in [-0.25, -0.2) is 4.79 Å². The van der Waals surface area contributed by atoms with Crippen molar-refractivity contribution in [2.75, 3.05) is 6.61 Å². The number of carbonyl (C=O) groups excluding carboxylic acids is 2. The van der Waals surface area contributed by atoms with Crippen LogP contribution in [0.4, 0.5) is 0 Å². The second-order valence-corrected chi connectivity index (χ2v) is 3.25. The lowest BCUT2D eigenvalue weighted by Gasteiger charge is -2.13. The molecule has 1 aliphatic rings. The zero-order valence-electron chi connectivity index (χ0n) is 7.58. The molecule has 0 aliphatic heterocycles. The van der Waals surface area contributed by atoms with Crippen LogP contribution in [0.15, 0.2) is 0 Å². The number of nitrogens with two attached hydrogens (primary N) is 2. The van der Waals surface area contributed by atoms with Gasteiger partial charge in [-0.05, 0) is 19.8 Å². The van der Waals surface area contributed by atoms with Gasteiger partial charge in [0.15, 0.2) is 11.8 Å². The van der Waals surface area contributed by atoms with Crippen LogP contribution in [0.2, 0.25) is 0 Å². The Hall–Kier alpha value is -0.940. The fraction of sp³-hybridized carbons (Fsp3) is 0.750. The highest BCUT2D eigenvalue weighted by atomic mass is 16.5. The van der Waals surface area contributed by atoms with Crippen LogP contribution in [-0.2, 0) is 14.3 Å². The third-order valence-corrected chi connectivity index (χ3v) is 2.10. The number of hydrogen-bond donors (Lipinski definition) is 2. The largest absolute Gasteiger partial charge is 0.464 e. The summed E-state index contributed by atoms with van der Waals surface area (Å²) in [5.74, 6) is -1.10. The fourth-order valence-corrected chi connectivity index (χ4v) is 1.03. The van der Waals surface area contributed by atoms with E-state index in [1.54, 1.807) is 6.92 Å². The van der Waals surface area contributed by atoms with Crippen molar-refractivity contribution in [3.8, 4) is 0 Å². The number of esters is 1. The third kappa shape index (κ3) is 2.05. The Kier molecular flexibility index (Phi) is 2.68. The maximum absolute atomic E-state index is 11.4. The van der Waals surface area contributed by atoms with E-state index in [9.17, 15) is 9.59 Å². The normalized spacial score (nSPS) is 20.5. The van der Waals surface area contributed by atoms with Crippen molar-refractivity contribution in [1.82, 2.24) is 0 Å². The lowest BCUT2D eigenvalue weighted by atomic mass is 10.1. The molecule has 13 heavy (non-hydrogen) atoms. The van der Waals surface area contributed by atoms with E-state index in [1.807, 2.05) is 0 Å². The molecule has 5 nitrogen and oxygen atoms in total. The van der Waals surface area contributed by atoms with Gasteiger partial charge in [0, 0.05) is 0 Å². The Labute approximate surface area is 76.4 Å². The first kappa shape index (κ1) is 10.1. The molecule has 5 heteroatoms. The molecule has 1 atom stereocenters. The van der Waals surface area contributed by atoms with Crippen LogP contribution in [0.3, 0.4) is 0 Å². The van der Waals surface area contributed by atoms with E-state index in [2.05, 4.69) is 4.74 Å². The molecule has 0 heterocycles. The van der Waals surface area contributed by atoms with Crippen LogP contribution in [0.1, 0.15) is 19.8 Å². The van der Waals surface area contributed by atoms with Crippen LogP contribution in [0.25, 0.3) is 0 Å². The number of rotatable bonds is 4. The number of carbonyl (C=O) groups is 2. The fourth-order valence-electron chi connectivity index (χ4n) is 1.03. The first-order valence-corrected chi connectivity index (χ1v) is 4.26. The molecule has 4 N–H and O–H groups in total. The van der Waals surface area contributed by atoms with Crippen LogP contribution in [0.5, 0.6) is 0 Å². The van der Waals surface area contributed by atoms with Gasteiger partial charge in [0.25, 0.3) is 0 Å². The van der Waals surface area contributed by atoms with Crippen LogP contribution < -0.4 is 11.5 Å². The van der Waals surface area contributed by atoms with Gasteiger partial charge < -0.3 is 16.2 Å². The Bertz CT molecular complexity index is 236. The van der Waals surface area contributed by atoms with Crippen molar-refractivity contribution in [1.29, 1.82) is 0 Å². The lowest BCUT2D eigenvalue weighted by Crippen LogP contribution is -2.49. The van der Waals surface area contributed by atoms with Gasteiger partial charge >= 0.3 is 5.97 Å². The molecular formula is C8H14N2O3. The average Bonchev–Trinajstić information content (AvgIpc) is 2.83. The molecule has 0 aromatic rings. The molecule has 0 saturated heterocycles. The van der Waals surface area contributed by atoms with Crippen molar-refractivity contribution in [2.24, 2.45) is 11.5 Å². The molecule has 1 saturated carbocycles. The second kappa shape index (κ2) is 3.43. The van der Waals surface area contributed by atoms with Gasteiger partial charge in [0.1, 0.15) is 0 Å². The first-order chi connectivity index (χ1) is 6.01. The molecular weight excluding hydrogens is 172 g/mol. The summed E-state index contributed by atoms with van der Waals surface area (Å²) in [5.41, 5.74) is 10.1. The Morgan fingerprint density at radius 1 is 1.54 bits per heavy atom. The summed E-state index contributed by atoms with van der Waals surface area (Å²) in [6.45, 7) is 1.88. The van der Waals surface area contributed by atoms with Crippen molar-refractivity contribution < 1.29 is 14.3 Å². The Morgan fingerprint density at radius 2 is 2.08 bits per heavy atom. The summed E-state index contributed by atoms with van der Waals surface area (Å²) >= 11 is 0. The zero-order valence-corrected chi connectivity index (χ0v) is 7.58. The molecule has 74 valence electrons. The molecule has 1 rings (SSSR count). The maximum Gasteiger partial charge on any atom is 0.330 e. The first-order valence-electron chi connectivity index (χ1n) is 4.26. The van der Waals surface area contributed by atoms with Gasteiger partial charge in [-0.3, -0.25) is 4.79 Å². The smallest absolute Gasteiger partial charge is 0.330 e. The van der Waals surface area contributed by atoms with Gasteiger partial charge in [-0.2, -0.15) is 0 Å². The van der Waals surface area contributed by atoms with Gasteiger partial charge in [-0.1, -0.05) is 0 Å². The average molecular weight is 186 g/mol. The number of ketones is 1. The highest BCUT2D eigenvalue weighted by molar-refractivity contribution is 6.08. The van der Waals surface area contributed by atoms with Gasteiger partial charge in [0.2, 0.25) is 0 Å². The minimum absolute atomic E-state index is 0.220. The van der Waals surface area contributed by atoms with Crippen LogP contribution >= 0.6 is 0 Å². The van der Waals surface area contributed by atoms with Crippen LogP contribution in [-0.4, -0.2) is 29.9 Å². The lowest BCUT2D eigenvalue weighted by molar-refractivity contribution is -0.148. The molecule has 1 fully saturated rings. The third-order valence-electron chi connectivity index (χ3n) is 2.10. The molecule has 0 amide bonds. The highest BCUT2D eigenvalue weighted by Crippen LogP contribution is 2.33. The molecule has 0 bridgehead atoms. The quantitative estimate of drug-likeness (QED) is 0.431. The van der Waals surface area contributed by atoms with Crippen molar-refractivity contribution >= 4 is 11.8 Å². The van der Waals surface area contributed by atoms with Gasteiger partial charge in [-0.15, -0.1) is 0 Å². The molecule has 0 aromatic heterocycles. The predicted octanol–water partition coefficient (Wildman–Crippen LogP) is -1.06. The zero-order chi connectivity index (χ0) is 10.1. The summed E-state index contributed by atoms with van der Waals surface area (Å²) in [7, 11) is 0. The van der Waals surface area contributed by atoms with E-state index in [1.165, 1.54) is 0 Å². The maximum atomic E-state index is 11.4. The summed E-state index contributed by atoms with van der Waals surface area (Å²) < 4.78 is 4.61. The SMILES string of the molecule is CCOC(=O)C(N)C(=O)C1(N)CC1. The molecule has 1 unspecified atom stereocenters. The van der Waals surface area contributed by atoms with E-state index in [0.29, 0.717) is 12.8 Å². The Morgan fingerprint density at radius 3 is 2.46 bits per heavy atom. The van der Waals surface area contributed by atoms with Crippen molar-refractivity contribution in [2.45, 2.75) is 31.3 Å². The van der Waals surface area contributed by atoms with Crippen molar-refractivity contribution in [3.63, 3.8) is 0 Å². The van der Waals surface area contributed by atoms with Gasteiger partial charge in [0.05, 0.1) is 12.1 Å². The van der Waals surface area contributed by atoms with E-state index in [4.69, 9.17) is 11.5 Å². The van der Waals surface area contributed by atoms with Crippen LogP contribution in [0, 0.1) is 0 Å². The van der Waals surface area contributed by atoms with E-state index in [-0.39, 0.29) is 6.61 Å². The predicted molar refractivity (Wildman–Crippen MR) is 45.8 cm³/mol. The Balaban J connectivity index is 2.51. The molecule has 0 aromatic carbocycles. The van der Waals surface area contributed by atoms with E-state index >= 15 is 0 Å². The minimum Gasteiger partial charge on any atom is -0.464 e. The molecule has 1 aliphatic carbocycles. The number of ether oxygens (including phenoxy) is 1. The number of Topliss-reactive ketones (excluding diaryl/α,β-unsaturated/α-hetero) is 1. The summed E-state index contributed by atoms with van der Waals surface area (Å²) in [5, 5.41) is 0. The standard InChI is InChI=1S/C8H14N2O3/c1-2-13-7(12)5(9)6(11)8(10)3-4-8/h5H,2-4,9-10H2,1H3. The number of hydrogen-bond acceptors (Lipinski definition) is 5. The summed E-state index contributed by atoms with van der Waals surface area (Å²) in [6.07, 6.45) is 1.22. The monoisotopic (exact) mass is 186 g/mol. The summed E-state index contributed by atoms with van der Waals surface area (Å²) in [6, 6.07) is -1.22.